The molecule has 148 valence electrons. The van der Waals surface area contributed by atoms with Gasteiger partial charge in [0.05, 0.1) is 29.9 Å². The fourth-order valence-electron chi connectivity index (χ4n) is 4.38. The molecule has 0 atom stereocenters. The maximum atomic E-state index is 13.2. The Balaban J connectivity index is 1.83. The van der Waals surface area contributed by atoms with E-state index in [1.807, 2.05) is 19.2 Å². The molecule has 0 saturated heterocycles. The zero-order chi connectivity index (χ0) is 19.4. The zero-order valence-corrected chi connectivity index (χ0v) is 16.4. The summed E-state index contributed by atoms with van der Waals surface area (Å²) in [5.74, 6) is -0.242. The Kier molecular flexibility index (Phi) is 5.92. The minimum absolute atomic E-state index is 0.0590. The summed E-state index contributed by atoms with van der Waals surface area (Å²) in [6.07, 6.45) is 6.65. The van der Waals surface area contributed by atoms with Crippen LogP contribution in [0.25, 0.3) is 0 Å². The Labute approximate surface area is 161 Å². The van der Waals surface area contributed by atoms with Crippen molar-refractivity contribution < 1.29 is 14.3 Å². The van der Waals surface area contributed by atoms with Gasteiger partial charge in [-0.3, -0.25) is 9.59 Å². The van der Waals surface area contributed by atoms with E-state index in [4.69, 9.17) is 10.5 Å². The minimum atomic E-state index is -0.301. The quantitative estimate of drug-likeness (QED) is 0.539. The number of nitrogen functional groups attached to an aromatic ring is 1. The first-order valence-electron chi connectivity index (χ1n) is 10.1. The van der Waals surface area contributed by atoms with Crippen LogP contribution in [0.4, 0.5) is 11.4 Å². The van der Waals surface area contributed by atoms with Gasteiger partial charge < -0.3 is 20.7 Å². The van der Waals surface area contributed by atoms with Crippen molar-refractivity contribution in [1.82, 2.24) is 4.90 Å². The fraction of sp³-hybridized carbons (Fsp3) is 0.619. The lowest BCUT2D eigenvalue weighted by atomic mass is 9.98. The van der Waals surface area contributed by atoms with Crippen molar-refractivity contribution >= 4 is 23.3 Å². The molecule has 1 aromatic rings. The Morgan fingerprint density at radius 3 is 2.52 bits per heavy atom. The van der Waals surface area contributed by atoms with E-state index in [1.54, 1.807) is 6.92 Å². The van der Waals surface area contributed by atoms with E-state index in [2.05, 4.69) is 16.3 Å². The predicted octanol–water partition coefficient (Wildman–Crippen LogP) is 3.41. The van der Waals surface area contributed by atoms with E-state index in [0.29, 0.717) is 12.3 Å². The maximum absolute atomic E-state index is 13.2. The molecule has 1 aromatic carbocycles. The number of nitrogens with one attached hydrogen (secondary N) is 1. The molecule has 0 radical (unpaired) electrons. The topological polar surface area (TPSA) is 84.7 Å². The number of carbonyl (C=O) groups excluding carboxylic acids is 2. The zero-order valence-electron chi connectivity index (χ0n) is 16.4. The molecule has 2 fully saturated rings. The fourth-order valence-corrected chi connectivity index (χ4v) is 4.38. The van der Waals surface area contributed by atoms with Gasteiger partial charge >= 0.3 is 5.97 Å². The summed E-state index contributed by atoms with van der Waals surface area (Å²) < 4.78 is 4.99. The molecule has 6 nitrogen and oxygen atoms in total. The lowest BCUT2D eigenvalue weighted by Crippen LogP contribution is -2.46. The average molecular weight is 373 g/mol. The number of hydrogen-bond donors (Lipinski definition) is 2. The second kappa shape index (κ2) is 8.19. The Morgan fingerprint density at radius 1 is 1.26 bits per heavy atom. The van der Waals surface area contributed by atoms with Crippen LogP contribution in [0.1, 0.15) is 63.9 Å². The maximum Gasteiger partial charge on any atom is 0.306 e. The molecule has 3 N–H and O–H groups in total. The van der Waals surface area contributed by atoms with E-state index >= 15 is 0 Å². The minimum Gasteiger partial charge on any atom is -0.466 e. The summed E-state index contributed by atoms with van der Waals surface area (Å²) in [7, 11) is 1.85. The van der Waals surface area contributed by atoms with Crippen LogP contribution >= 0.6 is 0 Å². The average Bonchev–Trinajstić information content (AvgIpc) is 3.27. The van der Waals surface area contributed by atoms with Gasteiger partial charge in [0.2, 0.25) is 5.91 Å². The van der Waals surface area contributed by atoms with Crippen molar-refractivity contribution in [2.75, 3.05) is 24.7 Å². The molecule has 2 aliphatic rings. The number of benzene rings is 1. The van der Waals surface area contributed by atoms with E-state index in [0.717, 1.165) is 49.8 Å². The molecular formula is C21H31N3O3. The molecule has 1 amide bonds. The summed E-state index contributed by atoms with van der Waals surface area (Å²) in [5, 5.41) is 3.09. The number of nitrogens with two attached hydrogens (primary N) is 1. The Bertz CT molecular complexity index is 694. The van der Waals surface area contributed by atoms with Crippen molar-refractivity contribution in [3.63, 3.8) is 0 Å². The van der Waals surface area contributed by atoms with Gasteiger partial charge in [0.1, 0.15) is 0 Å². The van der Waals surface area contributed by atoms with Gasteiger partial charge in [-0.1, -0.05) is 18.9 Å². The first-order valence-corrected chi connectivity index (χ1v) is 10.1. The van der Waals surface area contributed by atoms with Crippen LogP contribution in [0.3, 0.4) is 0 Å². The first-order chi connectivity index (χ1) is 13.0. The molecule has 27 heavy (non-hydrogen) atoms. The number of amides is 1. The lowest BCUT2D eigenvalue weighted by Gasteiger charge is -2.38. The van der Waals surface area contributed by atoms with Crippen LogP contribution in [0.2, 0.25) is 0 Å². The van der Waals surface area contributed by atoms with Crippen molar-refractivity contribution in [1.29, 1.82) is 0 Å². The number of ether oxygens (including phenoxy) is 1. The predicted molar refractivity (Wildman–Crippen MR) is 106 cm³/mol. The highest BCUT2D eigenvalue weighted by Crippen LogP contribution is 2.54. The standard InChI is InChI=1S/C21H31N3O3/c1-3-27-20(26)11-10-19(25)24(16-6-4-5-7-16)21(12-13-21)15-8-9-18(23-2)17(22)14-15/h8-9,14,16,23H,3-7,10-13,22H2,1-2H3. The third-order valence-corrected chi connectivity index (χ3v) is 5.85. The summed E-state index contributed by atoms with van der Waals surface area (Å²) in [6.45, 7) is 2.13. The molecule has 0 unspecified atom stereocenters. The molecule has 2 saturated carbocycles. The van der Waals surface area contributed by atoms with Crippen molar-refractivity contribution in [3.8, 4) is 0 Å². The van der Waals surface area contributed by atoms with Gasteiger partial charge in [-0.05, 0) is 50.3 Å². The smallest absolute Gasteiger partial charge is 0.306 e. The van der Waals surface area contributed by atoms with Crippen LogP contribution in [-0.2, 0) is 19.9 Å². The molecule has 0 bridgehead atoms. The van der Waals surface area contributed by atoms with Gasteiger partial charge in [-0.25, -0.2) is 0 Å². The number of anilines is 2. The SMILES string of the molecule is CCOC(=O)CCC(=O)N(C1CCCC1)C1(c2ccc(NC)c(N)c2)CC1. The second-order valence-electron chi connectivity index (χ2n) is 7.59. The van der Waals surface area contributed by atoms with E-state index in [1.165, 1.54) is 0 Å². The number of hydrogen-bond acceptors (Lipinski definition) is 5. The summed E-state index contributed by atoms with van der Waals surface area (Å²) >= 11 is 0. The van der Waals surface area contributed by atoms with Crippen LogP contribution in [0.15, 0.2) is 18.2 Å². The number of carbonyl (C=O) groups is 2. The number of rotatable bonds is 8. The largest absolute Gasteiger partial charge is 0.466 e. The molecule has 6 heteroatoms. The summed E-state index contributed by atoms with van der Waals surface area (Å²) in [6, 6.07) is 6.32. The normalized spacial score (nSPS) is 18.1. The van der Waals surface area contributed by atoms with E-state index < -0.39 is 0 Å². The number of esters is 1. The van der Waals surface area contributed by atoms with Crippen molar-refractivity contribution in [2.45, 2.75) is 69.9 Å². The van der Waals surface area contributed by atoms with Crippen molar-refractivity contribution in [2.24, 2.45) is 0 Å². The Morgan fingerprint density at radius 2 is 1.96 bits per heavy atom. The van der Waals surface area contributed by atoms with Crippen LogP contribution in [-0.4, -0.2) is 36.5 Å². The first kappa shape index (κ1) is 19.5. The van der Waals surface area contributed by atoms with Gasteiger partial charge in [-0.15, -0.1) is 0 Å². The van der Waals surface area contributed by atoms with Crippen LogP contribution < -0.4 is 11.1 Å². The highest BCUT2D eigenvalue weighted by atomic mass is 16.5. The molecule has 0 heterocycles. The second-order valence-corrected chi connectivity index (χ2v) is 7.59. The molecule has 0 aliphatic heterocycles. The summed E-state index contributed by atoms with van der Waals surface area (Å²) in [4.78, 5) is 27.0. The van der Waals surface area contributed by atoms with Crippen LogP contribution in [0.5, 0.6) is 0 Å². The Hall–Kier alpha value is -2.24. The molecule has 3 rings (SSSR count). The third-order valence-electron chi connectivity index (χ3n) is 5.85. The molecule has 2 aliphatic carbocycles. The highest BCUT2D eigenvalue weighted by Gasteiger charge is 2.53. The highest BCUT2D eigenvalue weighted by molar-refractivity contribution is 5.83. The molecule has 0 aromatic heterocycles. The van der Waals surface area contributed by atoms with E-state index in [9.17, 15) is 9.59 Å². The lowest BCUT2D eigenvalue weighted by molar-refractivity contribution is -0.147. The summed E-state index contributed by atoms with van der Waals surface area (Å²) in [5.41, 5.74) is 8.63. The van der Waals surface area contributed by atoms with Gasteiger partial charge in [0.25, 0.3) is 0 Å². The van der Waals surface area contributed by atoms with E-state index in [-0.39, 0.29) is 36.3 Å². The molecular weight excluding hydrogens is 342 g/mol. The van der Waals surface area contributed by atoms with Crippen molar-refractivity contribution in [3.05, 3.63) is 23.8 Å². The third kappa shape index (κ3) is 4.04. The van der Waals surface area contributed by atoms with Gasteiger partial charge in [-0.2, -0.15) is 0 Å². The molecule has 0 spiro atoms. The number of nitrogens with zero attached hydrogens (tertiary/aromatic N) is 1. The van der Waals surface area contributed by atoms with Gasteiger partial charge in [0, 0.05) is 19.5 Å². The van der Waals surface area contributed by atoms with Gasteiger partial charge in [0.15, 0.2) is 0 Å². The van der Waals surface area contributed by atoms with Crippen LogP contribution in [0, 0.1) is 0 Å². The monoisotopic (exact) mass is 373 g/mol.